The number of nitrogens with zero attached hydrogens (tertiary/aromatic N) is 12. The minimum absolute atomic E-state index is 0.0518. The summed E-state index contributed by atoms with van der Waals surface area (Å²) in [5.41, 5.74) is 15.9. The second-order valence-electron chi connectivity index (χ2n) is 37.5. The van der Waals surface area contributed by atoms with Gasteiger partial charge in [-0.15, -0.1) is 22.7 Å². The Labute approximate surface area is 899 Å². The van der Waals surface area contributed by atoms with Crippen molar-refractivity contribution in [1.29, 1.82) is 0 Å². The number of aryl methyl sites for hydroxylation is 7. The molecule has 794 valence electrons. The van der Waals surface area contributed by atoms with Crippen LogP contribution in [0.1, 0.15) is 255 Å². The molecule has 4 atom stereocenters. The number of nitrogens with one attached hydrogen (secondary N) is 8. The number of carbonyl (C=O) groups excluding carboxylic acids is 9. The lowest BCUT2D eigenvalue weighted by Crippen LogP contribution is -2.53. The van der Waals surface area contributed by atoms with Gasteiger partial charge in [-0.25, -0.2) is 49.8 Å². The number of amides is 13. The third-order valence-corrected chi connectivity index (χ3v) is 31.9. The number of rotatable bonds is 41. The van der Waals surface area contributed by atoms with Crippen LogP contribution < -0.4 is 54.2 Å². The molecule has 145 heavy (non-hydrogen) atoms. The minimum atomic E-state index is -0.949. The summed E-state index contributed by atoms with van der Waals surface area (Å²) in [6.07, 6.45) is 14.4. The molecule has 12 rings (SSSR count). The van der Waals surface area contributed by atoms with Crippen molar-refractivity contribution in [2.45, 2.75) is 267 Å². The number of hydrogen-bond acceptors (Lipinski definition) is 23. The summed E-state index contributed by atoms with van der Waals surface area (Å²) in [6.45, 7) is 38.6. The molecule has 4 saturated heterocycles. The normalized spacial score (nSPS) is 15.4. The Balaban J connectivity index is 0.000000216. The fourth-order valence-corrected chi connectivity index (χ4v) is 23.5. The lowest BCUT2D eigenvalue weighted by molar-refractivity contribution is -0.117. The number of halogens is 6. The molecule has 0 bridgehead atoms. The van der Waals surface area contributed by atoms with Crippen LogP contribution in [0.25, 0.3) is 0 Å². The van der Waals surface area contributed by atoms with Crippen LogP contribution >= 0.6 is 115 Å². The van der Waals surface area contributed by atoms with Crippen LogP contribution in [0.5, 0.6) is 0 Å². The Kier molecular flexibility index (Phi) is 49.8. The second kappa shape index (κ2) is 60.5. The number of aromatic carboxylic acids is 1. The number of urea groups is 4. The monoisotopic (exact) mass is 2190 g/mol. The zero-order valence-corrected chi connectivity index (χ0v) is 93.2. The smallest absolute Gasteiger partial charge is 0.345 e. The fraction of sp³-hybridized carbons (Fsp3) is 0.549. The Bertz CT molecular complexity index is 5450. The number of unbranched alkanes of at least 4 members (excludes halogenated alkanes) is 2. The average Bonchev–Trinajstić information content (AvgIpc) is 1.67. The van der Waals surface area contributed by atoms with Crippen molar-refractivity contribution >= 4 is 175 Å². The first-order valence-electron chi connectivity index (χ1n) is 49.8. The van der Waals surface area contributed by atoms with E-state index < -0.39 is 11.9 Å². The van der Waals surface area contributed by atoms with Crippen LogP contribution in [0.2, 0.25) is 30.9 Å². The quantitative estimate of drug-likeness (QED) is 0.00734. The summed E-state index contributed by atoms with van der Waals surface area (Å²) in [6, 6.07) is 19.5. The number of carboxylic acids is 1. The largest absolute Gasteiger partial charge is 0.477 e. The van der Waals surface area contributed by atoms with Crippen LogP contribution in [0, 0.1) is 48.5 Å². The molecule has 43 heteroatoms. The summed E-state index contributed by atoms with van der Waals surface area (Å²) in [4.78, 5) is 161. The van der Waals surface area contributed by atoms with Gasteiger partial charge >= 0.3 is 30.1 Å². The molecule has 13 amide bonds. The first-order valence-corrected chi connectivity index (χ1v) is 55.6. The predicted molar refractivity (Wildman–Crippen MR) is 583 cm³/mol. The van der Waals surface area contributed by atoms with Crippen molar-refractivity contribution in [1.82, 2.24) is 102 Å². The molecule has 4 aliphatic rings. The van der Waals surface area contributed by atoms with Crippen molar-refractivity contribution in [2.75, 3.05) is 98.2 Å². The third-order valence-electron chi connectivity index (χ3n) is 27.0. The van der Waals surface area contributed by atoms with Crippen molar-refractivity contribution in [3.8, 4) is 0 Å². The van der Waals surface area contributed by atoms with Crippen LogP contribution in [-0.2, 0) is 31.0 Å². The number of nitrogens with two attached hydrogens (primary N) is 2. The summed E-state index contributed by atoms with van der Waals surface area (Å²) in [5.74, 6) is 3.18. The fourth-order valence-electron chi connectivity index (χ4n) is 18.7. The zero-order chi connectivity index (χ0) is 106. The van der Waals surface area contributed by atoms with Gasteiger partial charge in [0.2, 0.25) is 5.91 Å². The van der Waals surface area contributed by atoms with Crippen LogP contribution in [0.4, 0.5) is 19.2 Å². The van der Waals surface area contributed by atoms with Gasteiger partial charge in [-0.05, 0) is 282 Å². The van der Waals surface area contributed by atoms with Crippen LogP contribution in [0.3, 0.4) is 0 Å². The summed E-state index contributed by atoms with van der Waals surface area (Å²) in [7, 11) is 0. The summed E-state index contributed by atoms with van der Waals surface area (Å²) < 4.78 is 0. The number of piperidine rings is 4. The number of pyridine rings is 4. The van der Waals surface area contributed by atoms with E-state index in [-0.39, 0.29) is 110 Å². The highest BCUT2D eigenvalue weighted by Crippen LogP contribution is 2.31. The van der Waals surface area contributed by atoms with Gasteiger partial charge in [0, 0.05) is 168 Å². The standard InChI is InChI=1S/C28H40ClN5O4S.C28H42ClN5O2S.C24H32Cl2N6O3S.C22H30Cl2N6O2S/c1-5-6-13-34(28(38)31-17-22-7-8-23(39-22)27(36)37)21-10-14-33(15-11-21)19(3)9-12-30-26(35)25-18(2)16-24(29)32-20(25)4;1-6-7-14-34(28(36)31-18-24-9-8-21(4)37-24)23-11-15-33(16-12-23)20(3)10-13-30-27(35)26-19(2)17-25(29)32-22(26)5;1-15-11-19(25)30-22(26)21(15)23(34)28-7-3-16(2)31-8-4-18(5-9-31)32(13-17-6-10-36-14-17)24(35)29-12-20(27)33;1-14-11-18(23)27-20(24)19(14)21(31)26-7-3-15(2)29-8-4-17(5-9-29)30(22(32)28-25)12-16-6-10-33-13-16/h7-8,16,19,21H,5-6,9-15,17H2,1-4H3,(H,30,35)(H,31,38)(H,36,37);8-9,17,20,23H,6-7,10-16,18H2,1-5H3,(H,30,35)(H,31,36);6,10-11,14,16,18H,3-5,7-9,12-13H2,1-2H3,(H2,27,33)(H,28,34)(H,29,35);6,10-11,13,15,17H,3-5,7-9,12,25H2,1-2H3,(H,26,31)(H,28,32)/t;;16-;15-/m..11/s1. The van der Waals surface area contributed by atoms with E-state index in [1.165, 1.54) is 21.1 Å². The molecule has 0 saturated carbocycles. The van der Waals surface area contributed by atoms with E-state index >= 15 is 0 Å². The van der Waals surface area contributed by atoms with Gasteiger partial charge in [-0.2, -0.15) is 22.7 Å². The maximum Gasteiger partial charge on any atom is 0.345 e. The number of carbonyl (C=O) groups is 10. The highest BCUT2D eigenvalue weighted by atomic mass is 35.5. The number of hydrogen-bond donors (Lipinski definition) is 11. The second-order valence-corrected chi connectivity index (χ2v) is 43.9. The van der Waals surface area contributed by atoms with Gasteiger partial charge in [0.1, 0.15) is 35.8 Å². The van der Waals surface area contributed by atoms with Crippen molar-refractivity contribution in [3.63, 3.8) is 0 Å². The zero-order valence-electron chi connectivity index (χ0n) is 85.4. The molecule has 0 aromatic carbocycles. The average molecular weight is 2200 g/mol. The highest BCUT2D eigenvalue weighted by molar-refractivity contribution is 7.14. The first-order chi connectivity index (χ1) is 69.2. The number of aromatic nitrogens is 4. The van der Waals surface area contributed by atoms with Gasteiger partial charge in [0.05, 0.1) is 53.3 Å². The van der Waals surface area contributed by atoms with Gasteiger partial charge in [0.25, 0.3) is 23.6 Å². The Morgan fingerprint density at radius 1 is 0.421 bits per heavy atom. The highest BCUT2D eigenvalue weighted by Gasteiger charge is 2.36. The molecule has 0 aliphatic carbocycles. The lowest BCUT2D eigenvalue weighted by atomic mass is 10.0. The third kappa shape index (κ3) is 37.5. The van der Waals surface area contributed by atoms with Gasteiger partial charge < -0.3 is 87.3 Å². The topological polar surface area (TPSA) is 417 Å². The molecule has 33 nitrogen and oxygen atoms in total. The van der Waals surface area contributed by atoms with E-state index in [0.29, 0.717) is 132 Å². The Morgan fingerprint density at radius 3 is 1.03 bits per heavy atom. The minimum Gasteiger partial charge on any atom is -0.477 e. The summed E-state index contributed by atoms with van der Waals surface area (Å²) in [5, 5.41) is 39.4. The number of primary amides is 1. The molecule has 4 aliphatic heterocycles. The molecular formula is C102H144Cl6N22O11S4. The van der Waals surface area contributed by atoms with E-state index in [2.05, 4.69) is 153 Å². The molecule has 0 radical (unpaired) electrons. The molecule has 8 aromatic rings. The Morgan fingerprint density at radius 2 is 0.738 bits per heavy atom. The number of carboxylic acid groups (broad SMARTS) is 1. The molecule has 4 fully saturated rings. The molecule has 8 aromatic heterocycles. The molecule has 2 unspecified atom stereocenters. The van der Waals surface area contributed by atoms with Crippen molar-refractivity contribution in [3.05, 3.63) is 200 Å². The summed E-state index contributed by atoms with van der Waals surface area (Å²) >= 11 is 42.1. The predicted octanol–water partition coefficient (Wildman–Crippen LogP) is 18.0. The molecule has 13 N–H and O–H groups in total. The van der Waals surface area contributed by atoms with E-state index in [0.717, 1.165) is 189 Å². The number of hydrazine groups is 1. The number of thiophene rings is 4. The SMILES string of the molecule is CCCCN(C(=O)NCc1ccc(C(=O)O)s1)C1CCN(C(C)CCNC(=O)c2c(C)cc(Cl)nc2C)CC1.CCCCN(C(=O)NCc1ccc(C)s1)C1CCN(C(C)CCNC(=O)c2c(C)cc(Cl)nc2C)CC1.Cc1cc(Cl)nc(Cl)c1C(=O)NCC[C@@H](C)N1CCC(N(Cc2ccsc2)C(=O)NCC(N)=O)CC1.Cc1cc(Cl)nc(Cl)c1C(=O)NCC[C@@H](C)N1CCC(N(Cc2ccsc2)C(=O)NN)CC1. The van der Waals surface area contributed by atoms with E-state index in [4.69, 9.17) is 86.3 Å². The van der Waals surface area contributed by atoms with Gasteiger partial charge in [-0.3, -0.25) is 29.4 Å². The number of likely N-dealkylation sites (tertiary alicyclic amines) is 4. The molecular weight excluding hydrogens is 2050 g/mol. The maximum atomic E-state index is 13.1. The van der Waals surface area contributed by atoms with Crippen molar-refractivity contribution < 1.29 is 53.1 Å². The maximum absolute atomic E-state index is 13.1. The Hall–Kier alpha value is -9.16. The lowest BCUT2D eigenvalue weighted by Gasteiger charge is -2.40. The molecule has 0 spiro atoms. The van der Waals surface area contributed by atoms with Crippen LogP contribution in [-0.4, -0.2) is 270 Å². The van der Waals surface area contributed by atoms with Crippen molar-refractivity contribution in [2.24, 2.45) is 11.6 Å². The first kappa shape index (κ1) is 119. The van der Waals surface area contributed by atoms with E-state index in [1.807, 2.05) is 58.8 Å². The van der Waals surface area contributed by atoms with E-state index in [9.17, 15) is 47.9 Å². The van der Waals surface area contributed by atoms with Gasteiger partial charge in [-0.1, -0.05) is 96.3 Å². The molecule has 12 heterocycles. The van der Waals surface area contributed by atoms with Crippen LogP contribution in [0.15, 0.2) is 82.2 Å². The van der Waals surface area contributed by atoms with Gasteiger partial charge in [0.15, 0.2) is 0 Å². The van der Waals surface area contributed by atoms with E-state index in [1.54, 1.807) is 96.1 Å².